The van der Waals surface area contributed by atoms with E-state index in [9.17, 15) is 23.2 Å². The van der Waals surface area contributed by atoms with Crippen molar-refractivity contribution in [2.75, 3.05) is 11.9 Å². The summed E-state index contributed by atoms with van der Waals surface area (Å²) >= 11 is 6.12. The minimum Gasteiger partial charge on any atom is -0.320 e. The van der Waals surface area contributed by atoms with E-state index < -0.39 is 47.3 Å². The van der Waals surface area contributed by atoms with Crippen molar-refractivity contribution in [3.8, 4) is 0 Å². The fourth-order valence-electron chi connectivity index (χ4n) is 2.83. The van der Waals surface area contributed by atoms with E-state index in [0.717, 1.165) is 18.2 Å². The van der Waals surface area contributed by atoms with Crippen LogP contribution in [0.5, 0.6) is 0 Å². The molecule has 0 unspecified atom stereocenters. The number of para-hydroxylation sites is 1. The van der Waals surface area contributed by atoms with Gasteiger partial charge in [0.1, 0.15) is 29.4 Å². The van der Waals surface area contributed by atoms with Gasteiger partial charge in [-0.2, -0.15) is 0 Å². The van der Waals surface area contributed by atoms with Gasteiger partial charge in [0.25, 0.3) is 5.91 Å². The van der Waals surface area contributed by atoms with Crippen molar-refractivity contribution < 1.29 is 23.2 Å². The molecule has 0 radical (unpaired) electrons. The number of hydrogen-bond donors (Lipinski definition) is 2. The molecule has 2 aromatic carbocycles. The lowest BCUT2D eigenvalue weighted by molar-refractivity contribution is -0.133. The molecule has 0 aromatic heterocycles. The Morgan fingerprint density at radius 1 is 1.15 bits per heavy atom. The molecule has 0 spiro atoms. The lowest BCUT2D eigenvalue weighted by Gasteiger charge is -2.23. The molecule has 27 heavy (non-hydrogen) atoms. The minimum atomic E-state index is -1.46. The highest BCUT2D eigenvalue weighted by molar-refractivity contribution is 6.32. The Bertz CT molecular complexity index is 933. The van der Waals surface area contributed by atoms with Crippen molar-refractivity contribution >= 4 is 35.1 Å². The van der Waals surface area contributed by atoms with Crippen LogP contribution >= 0.6 is 11.6 Å². The molecule has 6 nitrogen and oxygen atoms in total. The smallest absolute Gasteiger partial charge is 0.320 e. The van der Waals surface area contributed by atoms with Crippen molar-refractivity contribution in [3.63, 3.8) is 0 Å². The van der Waals surface area contributed by atoms with Gasteiger partial charge in [-0.15, -0.1) is 0 Å². The highest BCUT2D eigenvalue weighted by Crippen LogP contribution is 2.33. The first-order chi connectivity index (χ1) is 12.7. The van der Waals surface area contributed by atoms with Gasteiger partial charge >= 0.3 is 6.03 Å². The molecule has 3 rings (SSSR count). The van der Waals surface area contributed by atoms with Crippen LogP contribution in [0.3, 0.4) is 0 Å². The van der Waals surface area contributed by atoms with Crippen LogP contribution < -0.4 is 10.6 Å². The molecule has 0 bridgehead atoms. The van der Waals surface area contributed by atoms with Gasteiger partial charge in [-0.25, -0.2) is 13.6 Å². The van der Waals surface area contributed by atoms with Crippen LogP contribution in [0, 0.1) is 11.6 Å². The minimum absolute atomic E-state index is 0.272. The molecule has 4 amide bonds. The second-order valence-corrected chi connectivity index (χ2v) is 6.48. The van der Waals surface area contributed by atoms with Gasteiger partial charge in [-0.05, 0) is 25.1 Å². The van der Waals surface area contributed by atoms with Crippen molar-refractivity contribution in [1.82, 2.24) is 10.2 Å². The van der Waals surface area contributed by atoms with Gasteiger partial charge in [0, 0.05) is 10.6 Å². The third kappa shape index (κ3) is 3.35. The summed E-state index contributed by atoms with van der Waals surface area (Å²) in [5.74, 6) is -3.57. The lowest BCUT2D eigenvalue weighted by atomic mass is 9.92. The number of nitrogens with zero attached hydrogens (tertiary/aromatic N) is 1. The number of hydrogen-bond acceptors (Lipinski definition) is 3. The summed E-state index contributed by atoms with van der Waals surface area (Å²) in [4.78, 5) is 37.8. The van der Waals surface area contributed by atoms with Crippen molar-refractivity contribution in [3.05, 3.63) is 64.7 Å². The molecule has 1 heterocycles. The lowest BCUT2D eigenvalue weighted by Crippen LogP contribution is -2.42. The van der Waals surface area contributed by atoms with E-state index >= 15 is 0 Å². The molecule has 1 fully saturated rings. The molecule has 1 saturated heterocycles. The molecule has 1 atom stereocenters. The maximum atomic E-state index is 13.6. The third-order valence-electron chi connectivity index (χ3n) is 4.22. The molecule has 9 heteroatoms. The maximum absolute atomic E-state index is 13.6. The van der Waals surface area contributed by atoms with Crippen LogP contribution in [-0.2, 0) is 15.1 Å². The Balaban J connectivity index is 1.80. The van der Waals surface area contributed by atoms with E-state index in [1.165, 1.54) is 6.92 Å². The molecule has 140 valence electrons. The molecule has 1 aliphatic rings. The van der Waals surface area contributed by atoms with E-state index in [0.29, 0.717) is 10.5 Å². The molecular formula is C18H14ClF2N3O3. The average molecular weight is 394 g/mol. The van der Waals surface area contributed by atoms with E-state index in [2.05, 4.69) is 5.32 Å². The zero-order valence-corrected chi connectivity index (χ0v) is 14.8. The summed E-state index contributed by atoms with van der Waals surface area (Å²) in [6.45, 7) is 0.751. The Labute approximate surface area is 158 Å². The fourth-order valence-corrected chi connectivity index (χ4v) is 3.15. The zero-order chi connectivity index (χ0) is 19.8. The number of imide groups is 1. The number of nitrogens with one attached hydrogen (secondary N) is 2. The normalized spacial score (nSPS) is 19.2. The Morgan fingerprint density at radius 3 is 2.41 bits per heavy atom. The van der Waals surface area contributed by atoms with Gasteiger partial charge in [-0.1, -0.05) is 35.9 Å². The van der Waals surface area contributed by atoms with Gasteiger partial charge in [0.15, 0.2) is 0 Å². The number of halogens is 3. The highest BCUT2D eigenvalue weighted by atomic mass is 35.5. The van der Waals surface area contributed by atoms with Crippen LogP contribution in [0.15, 0.2) is 42.5 Å². The quantitative estimate of drug-likeness (QED) is 0.784. The zero-order valence-electron chi connectivity index (χ0n) is 14.1. The molecular weight excluding hydrogens is 380 g/mol. The largest absolute Gasteiger partial charge is 0.325 e. The number of carbonyl (C=O) groups is 3. The number of anilines is 1. The molecule has 1 aliphatic heterocycles. The van der Waals surface area contributed by atoms with Crippen LogP contribution in [0.1, 0.15) is 12.5 Å². The van der Waals surface area contributed by atoms with Crippen LogP contribution in [0.4, 0.5) is 19.3 Å². The number of rotatable bonds is 4. The highest BCUT2D eigenvalue weighted by Gasteiger charge is 2.50. The second kappa shape index (κ2) is 6.96. The number of carbonyl (C=O) groups excluding carboxylic acids is 3. The molecule has 0 aliphatic carbocycles. The topological polar surface area (TPSA) is 78.5 Å². The van der Waals surface area contributed by atoms with Gasteiger partial charge < -0.3 is 10.6 Å². The maximum Gasteiger partial charge on any atom is 0.325 e. The molecule has 2 N–H and O–H groups in total. The first-order valence-corrected chi connectivity index (χ1v) is 8.25. The van der Waals surface area contributed by atoms with Crippen LogP contribution in [-0.4, -0.2) is 29.3 Å². The number of benzene rings is 2. The fraction of sp³-hybridized carbons (Fsp3) is 0.167. The first kappa shape index (κ1) is 18.8. The van der Waals surface area contributed by atoms with Crippen molar-refractivity contribution in [1.29, 1.82) is 0 Å². The molecule has 2 aromatic rings. The van der Waals surface area contributed by atoms with E-state index in [1.807, 2.05) is 5.32 Å². The SMILES string of the molecule is C[C@]1(c2ccccc2Cl)NC(=O)N(CC(=O)Nc2c(F)cccc2F)C1=O. The van der Waals surface area contributed by atoms with E-state index in [1.54, 1.807) is 24.3 Å². The second-order valence-electron chi connectivity index (χ2n) is 6.07. The number of urea groups is 1. The predicted octanol–water partition coefficient (Wildman–Crippen LogP) is 3.02. The summed E-state index contributed by atoms with van der Waals surface area (Å²) in [6, 6.07) is 8.75. The predicted molar refractivity (Wildman–Crippen MR) is 94.0 cm³/mol. The first-order valence-electron chi connectivity index (χ1n) is 7.87. The summed E-state index contributed by atoms with van der Waals surface area (Å²) in [6.07, 6.45) is 0. The third-order valence-corrected chi connectivity index (χ3v) is 4.55. The average Bonchev–Trinajstić information content (AvgIpc) is 2.82. The van der Waals surface area contributed by atoms with Crippen molar-refractivity contribution in [2.45, 2.75) is 12.5 Å². The van der Waals surface area contributed by atoms with E-state index in [4.69, 9.17) is 11.6 Å². The van der Waals surface area contributed by atoms with E-state index in [-0.39, 0.29) is 5.02 Å². The Morgan fingerprint density at radius 2 is 1.78 bits per heavy atom. The van der Waals surface area contributed by atoms with Crippen molar-refractivity contribution in [2.24, 2.45) is 0 Å². The van der Waals surface area contributed by atoms with Gasteiger partial charge in [0.05, 0.1) is 0 Å². The Kier molecular flexibility index (Phi) is 4.84. The van der Waals surface area contributed by atoms with Crippen LogP contribution in [0.2, 0.25) is 5.02 Å². The molecule has 0 saturated carbocycles. The Hall–Kier alpha value is -3.00. The summed E-state index contributed by atoms with van der Waals surface area (Å²) in [7, 11) is 0. The van der Waals surface area contributed by atoms with Gasteiger partial charge in [0.2, 0.25) is 5.91 Å². The summed E-state index contributed by atoms with van der Waals surface area (Å²) in [5, 5.41) is 4.81. The standard InChI is InChI=1S/C18H14ClF2N3O3/c1-18(10-5-2-3-6-11(10)19)16(26)24(17(27)23-18)9-14(25)22-15-12(20)7-4-8-13(15)21/h2-8H,9H2,1H3,(H,22,25)(H,23,27)/t18-/m1/s1. The van der Waals surface area contributed by atoms with Crippen LogP contribution in [0.25, 0.3) is 0 Å². The monoisotopic (exact) mass is 393 g/mol. The number of amides is 4. The van der Waals surface area contributed by atoms with Gasteiger partial charge in [-0.3, -0.25) is 14.5 Å². The summed E-state index contributed by atoms with van der Waals surface area (Å²) < 4.78 is 27.3. The summed E-state index contributed by atoms with van der Waals surface area (Å²) in [5.41, 5.74) is -1.74.